The van der Waals surface area contributed by atoms with Gasteiger partial charge < -0.3 is 54.0 Å². The number of carbonyl (C=O) groups is 7. The van der Waals surface area contributed by atoms with Crippen molar-refractivity contribution in [1.29, 1.82) is 0 Å². The number of fused-ring (bicyclic) bond motifs is 2. The fourth-order valence-corrected chi connectivity index (χ4v) is 15.7. The largest absolute Gasteiger partial charge is 0.491 e. The minimum Gasteiger partial charge on any atom is -0.491 e. The summed E-state index contributed by atoms with van der Waals surface area (Å²) in [6, 6.07) is 19.5. The predicted molar refractivity (Wildman–Crippen MR) is 380 cm³/mol. The summed E-state index contributed by atoms with van der Waals surface area (Å²) in [4.78, 5) is 101. The van der Waals surface area contributed by atoms with Gasteiger partial charge in [0.05, 0.1) is 54.6 Å². The highest BCUT2D eigenvalue weighted by Crippen LogP contribution is 2.55. The summed E-state index contributed by atoms with van der Waals surface area (Å²) in [6.07, 6.45) is 14.2. The van der Waals surface area contributed by atoms with Gasteiger partial charge in [-0.1, -0.05) is 64.1 Å². The van der Waals surface area contributed by atoms with Crippen molar-refractivity contribution < 1.29 is 72.6 Å². The van der Waals surface area contributed by atoms with Gasteiger partial charge in [0.15, 0.2) is 18.1 Å². The number of unbranched alkanes of at least 4 members (excludes halogenated alkanes) is 1. The number of hydrogen-bond donors (Lipinski definition) is 5. The zero-order valence-corrected chi connectivity index (χ0v) is 59.3. The lowest BCUT2D eigenvalue weighted by Gasteiger charge is -2.54. The van der Waals surface area contributed by atoms with Crippen LogP contribution in [-0.4, -0.2) is 196 Å². The van der Waals surface area contributed by atoms with Gasteiger partial charge in [-0.2, -0.15) is 5.10 Å². The number of nitrogens with zero attached hydrogens (tertiary/aromatic N) is 7. The van der Waals surface area contributed by atoms with Crippen LogP contribution in [0.1, 0.15) is 146 Å². The Morgan fingerprint density at radius 1 is 0.940 bits per heavy atom. The number of carboxylic acid groups (broad SMARTS) is 1. The third-order valence-electron chi connectivity index (χ3n) is 19.6. The molecule has 5 N–H and O–H groups in total. The highest BCUT2D eigenvalue weighted by molar-refractivity contribution is 7.21. The maximum atomic E-state index is 13.8. The summed E-state index contributed by atoms with van der Waals surface area (Å²) in [5.41, 5.74) is 6.43. The number of thiazole rings is 1. The van der Waals surface area contributed by atoms with E-state index in [2.05, 4.69) is 72.2 Å². The second-order valence-corrected chi connectivity index (χ2v) is 28.4. The van der Waals surface area contributed by atoms with E-state index in [0.717, 1.165) is 106 Å². The van der Waals surface area contributed by atoms with Crippen molar-refractivity contribution in [1.82, 2.24) is 40.1 Å². The van der Waals surface area contributed by atoms with Crippen LogP contribution in [0.4, 0.5) is 4.79 Å². The molecule has 4 amide bonds. The first-order chi connectivity index (χ1) is 48.3. The van der Waals surface area contributed by atoms with Gasteiger partial charge in [0.2, 0.25) is 5.91 Å². The van der Waals surface area contributed by atoms with Crippen molar-refractivity contribution in [2.75, 3.05) is 79.0 Å². The van der Waals surface area contributed by atoms with E-state index in [4.69, 9.17) is 38.8 Å². The average molecular weight is 1400 g/mol. The molecule has 9 rings (SSSR count). The molecule has 4 aliphatic rings. The van der Waals surface area contributed by atoms with Crippen LogP contribution in [0, 0.1) is 17.8 Å². The molecule has 0 bridgehead atoms. The van der Waals surface area contributed by atoms with Gasteiger partial charge in [-0.3, -0.25) is 44.0 Å². The van der Waals surface area contributed by atoms with Crippen molar-refractivity contribution in [2.45, 2.75) is 174 Å². The summed E-state index contributed by atoms with van der Waals surface area (Å²) in [5, 5.41) is 42.5. The van der Waals surface area contributed by atoms with Crippen molar-refractivity contribution in [2.24, 2.45) is 15.8 Å². The summed E-state index contributed by atoms with van der Waals surface area (Å²) >= 11 is 1.67. The number of nitrogens with one attached hydrogen (secondary N) is 2. The number of hydrogen-bond acceptors (Lipinski definition) is 20. The number of rotatable bonds is 35. The number of piperidine rings is 1. The first kappa shape index (κ1) is 76.1. The summed E-state index contributed by atoms with van der Waals surface area (Å²) in [7, 11) is 0. The molecule has 2 fully saturated rings. The molecule has 3 aliphatic heterocycles. The number of aldehydes is 2. The van der Waals surface area contributed by atoms with Crippen LogP contribution in [0.25, 0.3) is 26.4 Å². The third kappa shape index (κ3) is 20.6. The van der Waals surface area contributed by atoms with E-state index in [9.17, 15) is 48.9 Å². The summed E-state index contributed by atoms with van der Waals surface area (Å²) in [5.74, 6) is -1.81. The number of likely N-dealkylation sites (tertiary alicyclic amines) is 1. The van der Waals surface area contributed by atoms with Crippen LogP contribution in [0.15, 0.2) is 90.1 Å². The van der Waals surface area contributed by atoms with Gasteiger partial charge in [0.25, 0.3) is 11.8 Å². The van der Waals surface area contributed by atoms with Crippen LogP contribution in [0.5, 0.6) is 11.5 Å². The van der Waals surface area contributed by atoms with E-state index >= 15 is 0 Å². The molecule has 1 aliphatic carbocycles. The number of carbonyl (C=O) groups excluding carboxylic acids is 6. The average Bonchev–Trinajstić information content (AvgIpc) is 1.03. The molecule has 5 aromatic rings. The molecule has 5 heterocycles. The van der Waals surface area contributed by atoms with Gasteiger partial charge >= 0.3 is 12.1 Å². The fourth-order valence-electron chi connectivity index (χ4n) is 14.7. The second-order valence-electron chi connectivity index (χ2n) is 27.4. The Kier molecular flexibility index (Phi) is 27.8. The number of para-hydroxylation sites is 1. The number of aliphatic hydroxyl groups is 2. The highest BCUT2D eigenvalue weighted by Gasteiger charge is 2.51. The fraction of sp³-hybridized carbons (Fsp3) is 0.547. The molecule has 3 aromatic carbocycles. The van der Waals surface area contributed by atoms with E-state index in [0.29, 0.717) is 101 Å². The SMILES string of the molecule is CCC1(Cn2ncc(C3=CCCCc4cccc(-c5nc6ccccc6s5)c4CNCN=C3C(=O)O)c2C)CC(C)(C)CC(CC)(OCCN(CCCC=O)C2CCN(C(=O)OCc3ccc(OC(C=O)CC(O)CCO)cc3OCCOCCNC(=O)CCN3C(=O)C=CC3=O)CC2)C1. The van der Waals surface area contributed by atoms with Crippen LogP contribution < -0.4 is 20.1 Å². The van der Waals surface area contributed by atoms with Crippen molar-refractivity contribution in [3.63, 3.8) is 0 Å². The van der Waals surface area contributed by atoms with E-state index in [1.165, 1.54) is 5.56 Å². The van der Waals surface area contributed by atoms with Gasteiger partial charge in [-0.25, -0.2) is 14.6 Å². The zero-order chi connectivity index (χ0) is 71.2. The van der Waals surface area contributed by atoms with Crippen LogP contribution in [-0.2, 0) is 69.1 Å². The monoisotopic (exact) mass is 1400 g/mol. The molecule has 4 unspecified atom stereocenters. The highest BCUT2D eigenvalue weighted by atomic mass is 32.1. The normalized spacial score (nSPS) is 19.7. The summed E-state index contributed by atoms with van der Waals surface area (Å²) < 4.78 is 34.1. The molecule has 2 aromatic heterocycles. The van der Waals surface area contributed by atoms with E-state index in [1.807, 2.05) is 37.4 Å². The van der Waals surface area contributed by atoms with Gasteiger partial charge in [-0.15, -0.1) is 11.3 Å². The Labute approximate surface area is 589 Å². The van der Waals surface area contributed by atoms with E-state index in [1.54, 1.807) is 34.4 Å². The predicted octanol–water partition coefficient (Wildman–Crippen LogP) is 9.22. The van der Waals surface area contributed by atoms with Gasteiger partial charge in [0, 0.05) is 124 Å². The minimum atomic E-state index is -1.09. The van der Waals surface area contributed by atoms with Crippen molar-refractivity contribution in [3.8, 4) is 22.1 Å². The number of aromatic nitrogens is 3. The first-order valence-corrected chi connectivity index (χ1v) is 36.1. The van der Waals surface area contributed by atoms with Crippen molar-refractivity contribution in [3.05, 3.63) is 113 Å². The molecule has 24 nitrogen and oxygen atoms in total. The lowest BCUT2D eigenvalue weighted by Crippen LogP contribution is -2.52. The first-order valence-electron chi connectivity index (χ1n) is 35.2. The number of aliphatic carboxylic acids is 1. The molecule has 25 heteroatoms. The quantitative estimate of drug-likeness (QED) is 0.0143. The number of benzene rings is 3. The maximum Gasteiger partial charge on any atom is 0.410 e. The van der Waals surface area contributed by atoms with Crippen molar-refractivity contribution >= 4 is 75.2 Å². The molecule has 1 saturated carbocycles. The topological polar surface area (TPSA) is 303 Å². The molecule has 540 valence electrons. The molecule has 100 heavy (non-hydrogen) atoms. The lowest BCUT2D eigenvalue weighted by atomic mass is 9.56. The number of allylic oxidation sites excluding steroid dienone is 1. The number of amides is 4. The third-order valence-corrected chi connectivity index (χ3v) is 20.7. The van der Waals surface area contributed by atoms with Gasteiger partial charge in [-0.05, 0) is 137 Å². The smallest absolute Gasteiger partial charge is 0.410 e. The molecule has 4 atom stereocenters. The van der Waals surface area contributed by atoms with E-state index < -0.39 is 41.7 Å². The summed E-state index contributed by atoms with van der Waals surface area (Å²) in [6.45, 7) is 15.1. The van der Waals surface area contributed by atoms with Gasteiger partial charge in [0.1, 0.15) is 36.0 Å². The minimum absolute atomic E-state index is 0.00358. The number of aliphatic hydroxyl groups excluding tert-OH is 2. The molecule has 0 radical (unpaired) electrons. The lowest BCUT2D eigenvalue weighted by molar-refractivity contribution is -0.149. The number of aliphatic imine (C=N–C) groups is 1. The maximum absolute atomic E-state index is 13.8. The Morgan fingerprint density at radius 3 is 2.48 bits per heavy atom. The standard InChI is InChI=1S/C75H99N9O15S/c1-6-74(50-84-52(3)61(44-79-84)59-17-9-8-15-53-16-14-18-60(62(53)43-76-51-78-69(59)71(92)93)70-80-63-19-10-11-20-65(63)100-70)47-73(4,5)48-75(7-2,49-74)98-38-34-81(30-12-13-35-85)55-25-31-82(32-26-55)72(94)97-46-54-21-22-57(99-58(45-87)41-56(88)28-36-86)42-64(54)96-40-39-95-37-29-77-66(89)27-33-83-67(90)23-24-68(83)91/h10-11,14,16-24,35,42,44-45,55-56,58,76,86,88H,6-9,12-13,15,25-34,36-41,43,46-51H2,1-5H3,(H,77,89)(H,92,93). The van der Waals surface area contributed by atoms with Crippen LogP contribution >= 0.6 is 11.3 Å². The Balaban J connectivity index is 0.798. The molecule has 0 spiro atoms. The second kappa shape index (κ2) is 36.5. The van der Waals surface area contributed by atoms with E-state index in [-0.39, 0.29) is 106 Å². The van der Waals surface area contributed by atoms with Crippen LogP contribution in [0.2, 0.25) is 0 Å². The Hall–Kier alpha value is -8.04. The number of aryl methyl sites for hydroxylation is 1. The molecule has 1 saturated heterocycles. The zero-order valence-electron chi connectivity index (χ0n) is 58.5. The Morgan fingerprint density at radius 2 is 1.74 bits per heavy atom. The van der Waals surface area contributed by atoms with Crippen LogP contribution in [0.3, 0.4) is 0 Å². The Bertz CT molecular complexity index is 3680. The molecular formula is C75H99N9O15S. The number of ether oxygens (including phenoxy) is 5. The molecular weight excluding hydrogens is 1300 g/mol. The number of imide groups is 1. The number of carboxylic acids is 1.